The first-order valence-corrected chi connectivity index (χ1v) is 7.56. The van der Waals surface area contributed by atoms with Crippen molar-refractivity contribution in [3.05, 3.63) is 28.2 Å². The second-order valence-corrected chi connectivity index (χ2v) is 6.46. The van der Waals surface area contributed by atoms with E-state index in [0.29, 0.717) is 16.1 Å². The van der Waals surface area contributed by atoms with Gasteiger partial charge in [-0.2, -0.15) is 0 Å². The van der Waals surface area contributed by atoms with Gasteiger partial charge in [-0.1, -0.05) is 13.8 Å². The molecular weight excluding hydrogens is 306 g/mol. The van der Waals surface area contributed by atoms with Crippen molar-refractivity contribution in [1.82, 2.24) is 0 Å². The smallest absolute Gasteiger partial charge is 0.336 e. The number of anilines is 1. The molecule has 1 aromatic carbocycles. The van der Waals surface area contributed by atoms with Crippen molar-refractivity contribution in [3.63, 3.8) is 0 Å². The Kier molecular flexibility index (Phi) is 4.50. The Labute approximate surface area is 122 Å². The van der Waals surface area contributed by atoms with E-state index in [1.165, 1.54) is 19.3 Å². The summed E-state index contributed by atoms with van der Waals surface area (Å²) in [6, 6.07) is 5.83. The molecular formula is C15H20BrNO2. The van der Waals surface area contributed by atoms with Crippen molar-refractivity contribution in [2.75, 3.05) is 5.32 Å². The average molecular weight is 326 g/mol. The van der Waals surface area contributed by atoms with Gasteiger partial charge in [0.2, 0.25) is 0 Å². The molecule has 1 aliphatic carbocycles. The Morgan fingerprint density at radius 3 is 2.63 bits per heavy atom. The molecule has 0 saturated heterocycles. The standard InChI is InChI=1S/C15H20BrNO2/c1-9-3-4-11(7-10(9)2)17-12-5-6-13(15(18)19)14(16)8-12/h5-6,8-11,17H,3-4,7H2,1-2H3,(H,18,19). The lowest BCUT2D eigenvalue weighted by molar-refractivity contribution is 0.0696. The molecule has 3 unspecified atom stereocenters. The first-order chi connectivity index (χ1) is 8.97. The molecule has 4 heteroatoms. The van der Waals surface area contributed by atoms with Crippen LogP contribution in [0.15, 0.2) is 22.7 Å². The summed E-state index contributed by atoms with van der Waals surface area (Å²) in [6.07, 6.45) is 3.62. The number of hydrogen-bond donors (Lipinski definition) is 2. The zero-order valence-corrected chi connectivity index (χ0v) is 12.9. The van der Waals surface area contributed by atoms with E-state index in [0.717, 1.165) is 17.5 Å². The molecule has 19 heavy (non-hydrogen) atoms. The van der Waals surface area contributed by atoms with Crippen LogP contribution in [-0.2, 0) is 0 Å². The number of halogens is 1. The van der Waals surface area contributed by atoms with E-state index < -0.39 is 5.97 Å². The second kappa shape index (κ2) is 5.95. The molecule has 2 N–H and O–H groups in total. The van der Waals surface area contributed by atoms with Gasteiger partial charge in [-0.3, -0.25) is 0 Å². The predicted octanol–water partition coefficient (Wildman–Crippen LogP) is 4.38. The van der Waals surface area contributed by atoms with Crippen molar-refractivity contribution < 1.29 is 9.90 Å². The Bertz CT molecular complexity index is 475. The van der Waals surface area contributed by atoms with Gasteiger partial charge in [0.25, 0.3) is 0 Å². The summed E-state index contributed by atoms with van der Waals surface area (Å²) in [6.45, 7) is 4.63. The molecule has 1 fully saturated rings. The molecule has 0 heterocycles. The molecule has 1 saturated carbocycles. The number of benzene rings is 1. The van der Waals surface area contributed by atoms with E-state index in [4.69, 9.17) is 5.11 Å². The molecule has 104 valence electrons. The highest BCUT2D eigenvalue weighted by Crippen LogP contribution is 2.31. The SMILES string of the molecule is CC1CCC(Nc2ccc(C(=O)O)c(Br)c2)CC1C. The molecule has 0 aliphatic heterocycles. The van der Waals surface area contributed by atoms with E-state index in [-0.39, 0.29) is 0 Å². The third-order valence-corrected chi connectivity index (χ3v) is 4.82. The van der Waals surface area contributed by atoms with Crippen LogP contribution in [0, 0.1) is 11.8 Å². The van der Waals surface area contributed by atoms with Crippen LogP contribution < -0.4 is 5.32 Å². The zero-order chi connectivity index (χ0) is 14.0. The van der Waals surface area contributed by atoms with Crippen LogP contribution in [0.25, 0.3) is 0 Å². The summed E-state index contributed by atoms with van der Waals surface area (Å²) in [7, 11) is 0. The molecule has 2 rings (SSSR count). The topological polar surface area (TPSA) is 49.3 Å². The van der Waals surface area contributed by atoms with Gasteiger partial charge < -0.3 is 10.4 Å². The summed E-state index contributed by atoms with van der Waals surface area (Å²) in [5.74, 6) is 0.644. The molecule has 3 atom stereocenters. The van der Waals surface area contributed by atoms with Crippen LogP contribution in [0.5, 0.6) is 0 Å². The van der Waals surface area contributed by atoms with E-state index in [1.54, 1.807) is 6.07 Å². The number of carbonyl (C=O) groups is 1. The quantitative estimate of drug-likeness (QED) is 0.866. The summed E-state index contributed by atoms with van der Waals surface area (Å²) in [5.41, 5.74) is 1.29. The van der Waals surface area contributed by atoms with Gasteiger partial charge in [0, 0.05) is 16.2 Å². The molecule has 0 amide bonds. The van der Waals surface area contributed by atoms with E-state index in [9.17, 15) is 4.79 Å². The number of rotatable bonds is 3. The van der Waals surface area contributed by atoms with Crippen molar-refractivity contribution in [2.24, 2.45) is 11.8 Å². The highest BCUT2D eigenvalue weighted by molar-refractivity contribution is 9.10. The van der Waals surface area contributed by atoms with Crippen LogP contribution in [0.1, 0.15) is 43.5 Å². The molecule has 3 nitrogen and oxygen atoms in total. The van der Waals surface area contributed by atoms with E-state index >= 15 is 0 Å². The number of carboxylic acids is 1. The largest absolute Gasteiger partial charge is 0.478 e. The fourth-order valence-corrected chi connectivity index (χ4v) is 3.24. The minimum absolute atomic E-state index is 0.302. The summed E-state index contributed by atoms with van der Waals surface area (Å²) >= 11 is 3.31. The third-order valence-electron chi connectivity index (χ3n) is 4.17. The molecule has 1 aliphatic rings. The fourth-order valence-electron chi connectivity index (χ4n) is 2.69. The second-order valence-electron chi connectivity index (χ2n) is 5.61. The lowest BCUT2D eigenvalue weighted by Crippen LogP contribution is -2.30. The monoisotopic (exact) mass is 325 g/mol. The molecule has 1 aromatic rings. The predicted molar refractivity (Wildman–Crippen MR) is 80.7 cm³/mol. The van der Waals surface area contributed by atoms with Crippen LogP contribution in [0.2, 0.25) is 0 Å². The minimum Gasteiger partial charge on any atom is -0.478 e. The molecule has 0 radical (unpaired) electrons. The van der Waals surface area contributed by atoms with Gasteiger partial charge in [0.15, 0.2) is 0 Å². The van der Waals surface area contributed by atoms with Crippen LogP contribution in [-0.4, -0.2) is 17.1 Å². The first kappa shape index (κ1) is 14.4. The Balaban J connectivity index is 2.04. The number of nitrogens with one attached hydrogen (secondary N) is 1. The highest BCUT2D eigenvalue weighted by Gasteiger charge is 2.24. The van der Waals surface area contributed by atoms with E-state index in [2.05, 4.69) is 35.1 Å². The van der Waals surface area contributed by atoms with Crippen molar-refractivity contribution in [1.29, 1.82) is 0 Å². The highest BCUT2D eigenvalue weighted by atomic mass is 79.9. The number of aromatic carboxylic acids is 1. The molecule has 0 aromatic heterocycles. The van der Waals surface area contributed by atoms with Gasteiger partial charge in [0.05, 0.1) is 5.56 Å². The van der Waals surface area contributed by atoms with E-state index in [1.807, 2.05) is 12.1 Å². The van der Waals surface area contributed by atoms with Crippen molar-refractivity contribution in [2.45, 2.75) is 39.2 Å². The lowest BCUT2D eigenvalue weighted by atomic mass is 9.79. The van der Waals surface area contributed by atoms with Crippen molar-refractivity contribution >= 4 is 27.6 Å². The molecule has 0 bridgehead atoms. The summed E-state index contributed by atoms with van der Waals surface area (Å²) in [4.78, 5) is 11.0. The maximum atomic E-state index is 11.0. The van der Waals surface area contributed by atoms with Crippen LogP contribution in [0.3, 0.4) is 0 Å². The normalized spacial score (nSPS) is 27.0. The number of hydrogen-bond acceptors (Lipinski definition) is 2. The average Bonchev–Trinajstić information content (AvgIpc) is 2.33. The maximum absolute atomic E-state index is 11.0. The number of carboxylic acid groups (broad SMARTS) is 1. The lowest BCUT2D eigenvalue weighted by Gasteiger charge is -2.33. The van der Waals surface area contributed by atoms with Gasteiger partial charge in [-0.15, -0.1) is 0 Å². The summed E-state index contributed by atoms with van der Waals surface area (Å²) in [5, 5.41) is 12.5. The van der Waals surface area contributed by atoms with Gasteiger partial charge in [-0.05, 0) is 65.2 Å². The maximum Gasteiger partial charge on any atom is 0.336 e. The van der Waals surface area contributed by atoms with Gasteiger partial charge in [0.1, 0.15) is 0 Å². The Morgan fingerprint density at radius 1 is 1.32 bits per heavy atom. The first-order valence-electron chi connectivity index (χ1n) is 6.76. The fraction of sp³-hybridized carbons (Fsp3) is 0.533. The summed E-state index contributed by atoms with van der Waals surface area (Å²) < 4.78 is 0.627. The Hall–Kier alpha value is -1.03. The zero-order valence-electron chi connectivity index (χ0n) is 11.3. The molecule has 0 spiro atoms. The third kappa shape index (κ3) is 3.50. The Morgan fingerprint density at radius 2 is 2.05 bits per heavy atom. The minimum atomic E-state index is -0.904. The van der Waals surface area contributed by atoms with Crippen LogP contribution >= 0.6 is 15.9 Å². The van der Waals surface area contributed by atoms with Crippen molar-refractivity contribution in [3.8, 4) is 0 Å². The van der Waals surface area contributed by atoms with Crippen LogP contribution in [0.4, 0.5) is 5.69 Å². The van der Waals surface area contributed by atoms with Gasteiger partial charge >= 0.3 is 5.97 Å². The van der Waals surface area contributed by atoms with Gasteiger partial charge in [-0.25, -0.2) is 4.79 Å².